The Morgan fingerprint density at radius 3 is 3.14 bits per heavy atom. The van der Waals surface area contributed by atoms with E-state index < -0.39 is 0 Å². The third kappa shape index (κ3) is 3.90. The van der Waals surface area contributed by atoms with Gasteiger partial charge in [-0.2, -0.15) is 0 Å². The molecule has 0 unspecified atom stereocenters. The number of carbonyl (C=O) groups excluding carboxylic acids is 1. The lowest BCUT2D eigenvalue weighted by Crippen LogP contribution is -2.27. The predicted octanol–water partition coefficient (Wildman–Crippen LogP) is 3.38. The first-order chi connectivity index (χ1) is 10.7. The van der Waals surface area contributed by atoms with Gasteiger partial charge < -0.3 is 10.3 Å². The van der Waals surface area contributed by atoms with Crippen LogP contribution >= 0.6 is 23.1 Å². The van der Waals surface area contributed by atoms with Gasteiger partial charge in [0.25, 0.3) is 0 Å². The number of amides is 1. The van der Waals surface area contributed by atoms with Crippen LogP contribution < -0.4 is 5.32 Å². The van der Waals surface area contributed by atoms with E-state index in [-0.39, 0.29) is 5.91 Å². The lowest BCUT2D eigenvalue weighted by molar-refractivity contribution is -0.118. The number of H-pyrrole nitrogens is 1. The van der Waals surface area contributed by atoms with Gasteiger partial charge in [0.1, 0.15) is 0 Å². The molecule has 0 saturated heterocycles. The van der Waals surface area contributed by atoms with Crippen LogP contribution in [0.1, 0.15) is 10.4 Å². The highest BCUT2D eigenvalue weighted by atomic mass is 32.2. The highest BCUT2D eigenvalue weighted by molar-refractivity contribution is 7.99. The number of aryl methyl sites for hydroxylation is 1. The Kier molecular flexibility index (Phi) is 4.80. The molecule has 22 heavy (non-hydrogen) atoms. The molecule has 0 spiro atoms. The van der Waals surface area contributed by atoms with E-state index in [9.17, 15) is 4.79 Å². The van der Waals surface area contributed by atoms with Gasteiger partial charge in [-0.25, -0.2) is 4.98 Å². The number of rotatable bonds is 6. The molecule has 0 aliphatic rings. The molecule has 0 aliphatic carbocycles. The molecule has 2 heterocycles. The summed E-state index contributed by atoms with van der Waals surface area (Å²) in [4.78, 5) is 20.9. The summed E-state index contributed by atoms with van der Waals surface area (Å²) in [5.41, 5.74) is 3.14. The maximum absolute atomic E-state index is 11.8. The molecule has 0 fully saturated rings. The quantitative estimate of drug-likeness (QED) is 0.681. The van der Waals surface area contributed by atoms with Crippen LogP contribution in [0.2, 0.25) is 0 Å². The van der Waals surface area contributed by atoms with E-state index in [1.165, 1.54) is 22.2 Å². The first-order valence-corrected chi connectivity index (χ1v) is 8.95. The zero-order valence-electron chi connectivity index (χ0n) is 12.3. The van der Waals surface area contributed by atoms with E-state index in [0.717, 1.165) is 22.6 Å². The summed E-state index contributed by atoms with van der Waals surface area (Å²) >= 11 is 3.15. The standard InChI is InChI=1S/C16H17N3OS2/c1-11-4-5-13-14(9-11)19-16(18-13)22-10-15(20)17-7-6-12-3-2-8-21-12/h2-5,8-9H,6-7,10H2,1H3,(H,17,20)(H,18,19). The van der Waals surface area contributed by atoms with Crippen LogP contribution in [-0.2, 0) is 11.2 Å². The number of hydrogen-bond donors (Lipinski definition) is 2. The predicted molar refractivity (Wildman–Crippen MR) is 92.6 cm³/mol. The van der Waals surface area contributed by atoms with E-state index in [1.54, 1.807) is 11.3 Å². The maximum Gasteiger partial charge on any atom is 0.230 e. The molecule has 3 rings (SSSR count). The normalized spacial score (nSPS) is 11.0. The largest absolute Gasteiger partial charge is 0.355 e. The van der Waals surface area contributed by atoms with Crippen LogP contribution in [0.5, 0.6) is 0 Å². The first kappa shape index (κ1) is 15.1. The van der Waals surface area contributed by atoms with Crippen molar-refractivity contribution in [2.45, 2.75) is 18.5 Å². The second-order valence-electron chi connectivity index (χ2n) is 5.03. The van der Waals surface area contributed by atoms with Crippen LogP contribution in [0.4, 0.5) is 0 Å². The number of carbonyl (C=O) groups is 1. The van der Waals surface area contributed by atoms with Crippen molar-refractivity contribution in [2.75, 3.05) is 12.3 Å². The molecule has 1 aromatic carbocycles. The van der Waals surface area contributed by atoms with Crippen molar-refractivity contribution in [3.05, 3.63) is 46.2 Å². The van der Waals surface area contributed by atoms with Crippen LogP contribution in [-0.4, -0.2) is 28.2 Å². The Bertz CT molecular complexity index is 765. The van der Waals surface area contributed by atoms with Gasteiger partial charge in [-0.3, -0.25) is 4.79 Å². The van der Waals surface area contributed by atoms with Gasteiger partial charge in [-0.15, -0.1) is 11.3 Å². The fourth-order valence-corrected chi connectivity index (χ4v) is 3.56. The molecule has 4 nitrogen and oxygen atoms in total. The molecule has 3 aromatic rings. The second-order valence-corrected chi connectivity index (χ2v) is 7.03. The van der Waals surface area contributed by atoms with Crippen molar-refractivity contribution in [2.24, 2.45) is 0 Å². The highest BCUT2D eigenvalue weighted by Gasteiger charge is 2.07. The average molecular weight is 331 g/mol. The minimum Gasteiger partial charge on any atom is -0.355 e. The molecule has 2 N–H and O–H groups in total. The van der Waals surface area contributed by atoms with Gasteiger partial charge in [-0.05, 0) is 42.5 Å². The van der Waals surface area contributed by atoms with Gasteiger partial charge in [0.05, 0.1) is 16.8 Å². The third-order valence-electron chi connectivity index (χ3n) is 3.23. The molecular formula is C16H17N3OS2. The number of thiophene rings is 1. The number of hydrogen-bond acceptors (Lipinski definition) is 4. The number of imidazole rings is 1. The Balaban J connectivity index is 1.47. The van der Waals surface area contributed by atoms with E-state index in [0.29, 0.717) is 12.3 Å². The van der Waals surface area contributed by atoms with Crippen molar-refractivity contribution in [1.29, 1.82) is 0 Å². The zero-order chi connectivity index (χ0) is 15.4. The van der Waals surface area contributed by atoms with Crippen molar-refractivity contribution >= 4 is 40.0 Å². The first-order valence-electron chi connectivity index (χ1n) is 7.09. The number of nitrogens with zero attached hydrogens (tertiary/aromatic N) is 1. The Morgan fingerprint density at radius 2 is 2.32 bits per heavy atom. The summed E-state index contributed by atoms with van der Waals surface area (Å²) in [6.45, 7) is 2.73. The van der Waals surface area contributed by atoms with Crippen molar-refractivity contribution in [3.63, 3.8) is 0 Å². The molecule has 1 amide bonds. The minimum absolute atomic E-state index is 0.0400. The summed E-state index contributed by atoms with van der Waals surface area (Å²) in [5.74, 6) is 0.418. The zero-order valence-corrected chi connectivity index (χ0v) is 13.9. The number of nitrogens with one attached hydrogen (secondary N) is 2. The molecule has 2 aromatic heterocycles. The monoisotopic (exact) mass is 331 g/mol. The molecular weight excluding hydrogens is 314 g/mol. The Hall–Kier alpha value is -1.79. The van der Waals surface area contributed by atoms with Gasteiger partial charge >= 0.3 is 0 Å². The summed E-state index contributed by atoms with van der Waals surface area (Å²) in [6.07, 6.45) is 0.887. The number of fused-ring (bicyclic) bond motifs is 1. The van der Waals surface area contributed by atoms with E-state index in [2.05, 4.69) is 32.8 Å². The molecule has 0 radical (unpaired) electrons. The Morgan fingerprint density at radius 1 is 1.41 bits per heavy atom. The lowest BCUT2D eigenvalue weighted by atomic mass is 10.2. The molecule has 0 saturated carbocycles. The van der Waals surface area contributed by atoms with Crippen LogP contribution in [0.25, 0.3) is 11.0 Å². The summed E-state index contributed by atoms with van der Waals surface area (Å²) in [7, 11) is 0. The van der Waals surface area contributed by atoms with E-state index >= 15 is 0 Å². The average Bonchev–Trinajstić information content (AvgIpc) is 3.13. The van der Waals surface area contributed by atoms with Gasteiger partial charge in [0, 0.05) is 11.4 Å². The third-order valence-corrected chi connectivity index (χ3v) is 5.04. The molecule has 0 atom stereocenters. The van der Waals surface area contributed by atoms with Crippen molar-refractivity contribution < 1.29 is 4.79 Å². The molecule has 0 bridgehead atoms. The summed E-state index contributed by atoms with van der Waals surface area (Å²) in [5, 5.41) is 5.78. The fraction of sp³-hybridized carbons (Fsp3) is 0.250. The van der Waals surface area contributed by atoms with Gasteiger partial charge in [0.2, 0.25) is 5.91 Å². The smallest absolute Gasteiger partial charge is 0.230 e. The van der Waals surface area contributed by atoms with E-state index in [4.69, 9.17) is 0 Å². The topological polar surface area (TPSA) is 57.8 Å². The minimum atomic E-state index is 0.0400. The van der Waals surface area contributed by atoms with Gasteiger partial charge in [0.15, 0.2) is 5.16 Å². The second kappa shape index (κ2) is 6.98. The van der Waals surface area contributed by atoms with Crippen LogP contribution in [0.15, 0.2) is 40.9 Å². The highest BCUT2D eigenvalue weighted by Crippen LogP contribution is 2.20. The Labute approximate surface area is 137 Å². The number of aromatic amines is 1. The lowest BCUT2D eigenvalue weighted by Gasteiger charge is -2.02. The maximum atomic E-state index is 11.8. The van der Waals surface area contributed by atoms with Crippen LogP contribution in [0.3, 0.4) is 0 Å². The van der Waals surface area contributed by atoms with Crippen LogP contribution in [0, 0.1) is 6.92 Å². The molecule has 6 heteroatoms. The number of thioether (sulfide) groups is 1. The molecule has 0 aliphatic heterocycles. The SMILES string of the molecule is Cc1ccc2nc(SCC(=O)NCCc3cccs3)[nH]c2c1. The fourth-order valence-electron chi connectivity index (χ4n) is 2.13. The number of aromatic nitrogens is 2. The summed E-state index contributed by atoms with van der Waals surface area (Å²) in [6, 6.07) is 10.2. The number of benzene rings is 1. The van der Waals surface area contributed by atoms with E-state index in [1.807, 2.05) is 25.1 Å². The van der Waals surface area contributed by atoms with Crippen molar-refractivity contribution in [1.82, 2.24) is 15.3 Å². The van der Waals surface area contributed by atoms with Crippen molar-refractivity contribution in [3.8, 4) is 0 Å². The van der Waals surface area contributed by atoms with Gasteiger partial charge in [-0.1, -0.05) is 23.9 Å². The molecule has 114 valence electrons. The summed E-state index contributed by atoms with van der Waals surface area (Å²) < 4.78 is 0.